The van der Waals surface area contributed by atoms with Gasteiger partial charge in [0.05, 0.1) is 15.8 Å². The van der Waals surface area contributed by atoms with Crippen LogP contribution in [0.25, 0.3) is 33.4 Å². The molecule has 0 aliphatic rings. The topological polar surface area (TPSA) is 64.3 Å². The molecule has 4 aromatic rings. The van der Waals surface area contributed by atoms with Crippen molar-refractivity contribution < 1.29 is 12.8 Å². The number of aryl methyl sites for hydroxylation is 1. The minimum absolute atomic E-state index is 0.172. The van der Waals surface area contributed by atoms with Gasteiger partial charge in [-0.2, -0.15) is 0 Å². The van der Waals surface area contributed by atoms with Crippen molar-refractivity contribution in [1.82, 2.24) is 0 Å². The van der Waals surface area contributed by atoms with Gasteiger partial charge in [0, 0.05) is 16.8 Å². The van der Waals surface area contributed by atoms with Gasteiger partial charge in [-0.05, 0) is 60.5 Å². The van der Waals surface area contributed by atoms with Crippen LogP contribution >= 0.6 is 11.6 Å². The second kappa shape index (κ2) is 7.17. The molecule has 0 atom stereocenters. The van der Waals surface area contributed by atoms with Crippen LogP contribution in [0.5, 0.6) is 0 Å². The highest BCUT2D eigenvalue weighted by Gasteiger charge is 2.19. The van der Waals surface area contributed by atoms with Crippen LogP contribution in [-0.4, -0.2) is 14.7 Å². The van der Waals surface area contributed by atoms with E-state index in [4.69, 9.17) is 16.0 Å². The number of hydrogen-bond acceptors (Lipinski definition) is 4. The van der Waals surface area contributed by atoms with Crippen molar-refractivity contribution in [1.29, 1.82) is 0 Å². The lowest BCUT2D eigenvalue weighted by Gasteiger charge is -2.12. The van der Waals surface area contributed by atoms with Gasteiger partial charge >= 0.3 is 0 Å². The minimum Gasteiger partial charge on any atom is -0.455 e. The molecule has 0 saturated heterocycles. The summed E-state index contributed by atoms with van der Waals surface area (Å²) in [6, 6.07) is 18.7. The van der Waals surface area contributed by atoms with Gasteiger partial charge in [0.25, 0.3) is 0 Å². The van der Waals surface area contributed by atoms with E-state index in [1.807, 2.05) is 19.1 Å². The van der Waals surface area contributed by atoms with E-state index in [2.05, 4.69) is 0 Å². The Morgan fingerprint density at radius 3 is 2.21 bits per heavy atom. The third kappa shape index (κ3) is 3.59. The van der Waals surface area contributed by atoms with Gasteiger partial charge in [0.1, 0.15) is 11.3 Å². The standard InChI is InChI=1S/C23H17ClO4S/c1-14-7-8-16(13-19(14)24)21-22(25)18-5-3-4-6-20(18)28-23(21)15-9-11-17(12-10-15)29(2,26)27/h3-13H,1-2H3. The average molecular weight is 425 g/mol. The molecule has 0 amide bonds. The second-order valence-electron chi connectivity index (χ2n) is 6.89. The van der Waals surface area contributed by atoms with E-state index in [1.54, 1.807) is 42.5 Å². The third-order valence-corrected chi connectivity index (χ3v) is 6.34. The Kier molecular flexibility index (Phi) is 4.81. The summed E-state index contributed by atoms with van der Waals surface area (Å²) in [4.78, 5) is 13.5. The number of fused-ring (bicyclic) bond motifs is 1. The number of benzene rings is 3. The Morgan fingerprint density at radius 2 is 1.55 bits per heavy atom. The van der Waals surface area contributed by atoms with E-state index in [0.717, 1.165) is 11.8 Å². The van der Waals surface area contributed by atoms with E-state index < -0.39 is 9.84 Å². The summed E-state index contributed by atoms with van der Waals surface area (Å²) in [7, 11) is -3.33. The smallest absolute Gasteiger partial charge is 0.201 e. The first-order valence-corrected chi connectivity index (χ1v) is 11.2. The zero-order valence-corrected chi connectivity index (χ0v) is 17.3. The van der Waals surface area contributed by atoms with Gasteiger partial charge in [-0.25, -0.2) is 8.42 Å². The summed E-state index contributed by atoms with van der Waals surface area (Å²) in [6.07, 6.45) is 1.15. The van der Waals surface area contributed by atoms with E-state index in [9.17, 15) is 13.2 Å². The molecule has 1 heterocycles. The van der Waals surface area contributed by atoms with E-state index in [1.165, 1.54) is 12.1 Å². The van der Waals surface area contributed by atoms with Crippen molar-refractivity contribution in [3.8, 4) is 22.5 Å². The van der Waals surface area contributed by atoms with E-state index in [0.29, 0.717) is 38.4 Å². The Hall–Kier alpha value is -2.89. The maximum atomic E-state index is 13.3. The highest BCUT2D eigenvalue weighted by molar-refractivity contribution is 7.90. The highest BCUT2D eigenvalue weighted by Crippen LogP contribution is 2.34. The van der Waals surface area contributed by atoms with Crippen LogP contribution in [0, 0.1) is 6.92 Å². The lowest BCUT2D eigenvalue weighted by Crippen LogP contribution is -2.07. The molecule has 29 heavy (non-hydrogen) atoms. The predicted molar refractivity (Wildman–Crippen MR) is 116 cm³/mol. The van der Waals surface area contributed by atoms with Crippen LogP contribution in [0.15, 0.2) is 80.8 Å². The van der Waals surface area contributed by atoms with Crippen LogP contribution < -0.4 is 5.43 Å². The molecular formula is C23H17ClO4S. The molecule has 0 radical (unpaired) electrons. The van der Waals surface area contributed by atoms with Gasteiger partial charge in [-0.15, -0.1) is 0 Å². The molecule has 0 aliphatic heterocycles. The fourth-order valence-corrected chi connectivity index (χ4v) is 4.02. The summed E-state index contributed by atoms with van der Waals surface area (Å²) >= 11 is 6.30. The molecule has 4 rings (SSSR count). The van der Waals surface area contributed by atoms with Crippen molar-refractivity contribution in [3.05, 3.63) is 87.5 Å². The lowest BCUT2D eigenvalue weighted by molar-refractivity contribution is 0.601. The molecule has 0 aliphatic carbocycles. The number of halogens is 1. The number of para-hydroxylation sites is 1. The molecule has 6 heteroatoms. The monoisotopic (exact) mass is 424 g/mol. The first-order valence-electron chi connectivity index (χ1n) is 8.88. The zero-order valence-electron chi connectivity index (χ0n) is 15.8. The Bertz CT molecular complexity index is 1400. The van der Waals surface area contributed by atoms with Crippen LogP contribution in [-0.2, 0) is 9.84 Å². The Balaban J connectivity index is 2.04. The van der Waals surface area contributed by atoms with Gasteiger partial charge in [-0.3, -0.25) is 4.79 Å². The van der Waals surface area contributed by atoms with Crippen molar-refractivity contribution >= 4 is 32.4 Å². The normalized spacial score (nSPS) is 11.7. The quantitative estimate of drug-likeness (QED) is 0.436. The SMILES string of the molecule is Cc1ccc(-c2c(-c3ccc(S(C)(=O)=O)cc3)oc3ccccc3c2=O)cc1Cl. The zero-order chi connectivity index (χ0) is 20.8. The molecule has 0 saturated carbocycles. The summed E-state index contributed by atoms with van der Waals surface area (Å²) in [6.45, 7) is 1.89. The summed E-state index contributed by atoms with van der Waals surface area (Å²) < 4.78 is 29.7. The van der Waals surface area contributed by atoms with Gasteiger partial charge in [0.2, 0.25) is 5.43 Å². The number of hydrogen-bond donors (Lipinski definition) is 0. The molecule has 0 N–H and O–H groups in total. The first-order chi connectivity index (χ1) is 13.8. The van der Waals surface area contributed by atoms with Crippen LogP contribution in [0.1, 0.15) is 5.56 Å². The molecule has 4 nitrogen and oxygen atoms in total. The second-order valence-corrected chi connectivity index (χ2v) is 9.31. The van der Waals surface area contributed by atoms with Crippen molar-refractivity contribution in [2.75, 3.05) is 6.26 Å². The van der Waals surface area contributed by atoms with Crippen LogP contribution in [0.2, 0.25) is 5.02 Å². The largest absolute Gasteiger partial charge is 0.455 e. The average Bonchev–Trinajstić information content (AvgIpc) is 2.70. The van der Waals surface area contributed by atoms with Gasteiger partial charge in [-0.1, -0.05) is 35.9 Å². The first kappa shape index (κ1) is 19.4. The maximum Gasteiger partial charge on any atom is 0.201 e. The predicted octanol–water partition coefficient (Wildman–Crippen LogP) is 5.49. The summed E-state index contributed by atoms with van der Waals surface area (Å²) in [5, 5.41) is 1.02. The fourth-order valence-electron chi connectivity index (χ4n) is 3.21. The fraction of sp³-hybridized carbons (Fsp3) is 0.0870. The molecule has 1 aromatic heterocycles. The van der Waals surface area contributed by atoms with E-state index in [-0.39, 0.29) is 10.3 Å². The summed E-state index contributed by atoms with van der Waals surface area (Å²) in [5.41, 5.74) is 2.82. The molecule has 3 aromatic carbocycles. The number of sulfone groups is 1. The molecule has 0 fully saturated rings. The van der Waals surface area contributed by atoms with Crippen LogP contribution in [0.3, 0.4) is 0 Å². The molecule has 0 unspecified atom stereocenters. The van der Waals surface area contributed by atoms with Gasteiger partial charge in [0.15, 0.2) is 9.84 Å². The maximum absolute atomic E-state index is 13.3. The van der Waals surface area contributed by atoms with Crippen LogP contribution in [0.4, 0.5) is 0 Å². The molecule has 0 spiro atoms. The third-order valence-electron chi connectivity index (χ3n) is 4.80. The molecule has 146 valence electrons. The van der Waals surface area contributed by atoms with Gasteiger partial charge < -0.3 is 4.42 Å². The Labute approximate surface area is 173 Å². The van der Waals surface area contributed by atoms with Crippen molar-refractivity contribution in [2.24, 2.45) is 0 Å². The summed E-state index contributed by atoms with van der Waals surface area (Å²) in [5.74, 6) is 0.369. The minimum atomic E-state index is -3.33. The Morgan fingerprint density at radius 1 is 0.897 bits per heavy atom. The number of rotatable bonds is 3. The highest BCUT2D eigenvalue weighted by atomic mass is 35.5. The molecular weight excluding hydrogens is 408 g/mol. The molecule has 0 bridgehead atoms. The lowest BCUT2D eigenvalue weighted by atomic mass is 9.97. The van der Waals surface area contributed by atoms with Crippen molar-refractivity contribution in [3.63, 3.8) is 0 Å². The van der Waals surface area contributed by atoms with Crippen molar-refractivity contribution in [2.45, 2.75) is 11.8 Å². The van der Waals surface area contributed by atoms with E-state index >= 15 is 0 Å².